The van der Waals surface area contributed by atoms with Crippen molar-refractivity contribution in [2.24, 2.45) is 5.73 Å². The van der Waals surface area contributed by atoms with Crippen LogP contribution in [0.4, 0.5) is 5.82 Å². The summed E-state index contributed by atoms with van der Waals surface area (Å²) < 4.78 is 10.9. The van der Waals surface area contributed by atoms with E-state index in [1.807, 2.05) is 0 Å². The number of nitrogens with zero attached hydrogens (tertiary/aromatic N) is 1. The molecule has 0 radical (unpaired) electrons. The lowest BCUT2D eigenvalue weighted by Gasteiger charge is -2.18. The largest absolute Gasteiger partial charge is 0.486 e. The van der Waals surface area contributed by atoms with Gasteiger partial charge >= 0.3 is 0 Å². The Balaban J connectivity index is 1.82. The average Bonchev–Trinajstić information content (AvgIpc) is 2.95. The standard InChI is InChI=1S/C13H12N4O3S/c14-11(21)8-6-15-17-12(8)16-13(18)7-1-2-9-10(5-7)20-4-3-19-9/h1-2,5-6H,3-4H2,(H2,14,21)(H2,15,16,17,18). The number of anilines is 1. The van der Waals surface area contributed by atoms with Gasteiger partial charge in [0.1, 0.15) is 24.0 Å². The van der Waals surface area contributed by atoms with Crippen molar-refractivity contribution in [1.82, 2.24) is 10.2 Å². The number of hydrogen-bond donors (Lipinski definition) is 3. The Morgan fingerprint density at radius 2 is 2.10 bits per heavy atom. The van der Waals surface area contributed by atoms with Crippen LogP contribution in [0.25, 0.3) is 0 Å². The zero-order valence-electron chi connectivity index (χ0n) is 10.9. The summed E-state index contributed by atoms with van der Waals surface area (Å²) in [5.41, 5.74) is 6.46. The molecule has 0 aliphatic carbocycles. The van der Waals surface area contributed by atoms with Crippen LogP contribution in [0.2, 0.25) is 0 Å². The van der Waals surface area contributed by atoms with Gasteiger partial charge in [0.05, 0.1) is 11.8 Å². The highest BCUT2D eigenvalue weighted by Crippen LogP contribution is 2.30. The molecule has 0 fully saturated rings. The van der Waals surface area contributed by atoms with E-state index >= 15 is 0 Å². The van der Waals surface area contributed by atoms with E-state index in [4.69, 9.17) is 27.4 Å². The second-order valence-electron chi connectivity index (χ2n) is 4.34. The van der Waals surface area contributed by atoms with E-state index in [2.05, 4.69) is 15.5 Å². The second-order valence-corrected chi connectivity index (χ2v) is 4.78. The van der Waals surface area contributed by atoms with Crippen LogP contribution in [0.3, 0.4) is 0 Å². The molecular weight excluding hydrogens is 292 g/mol. The highest BCUT2D eigenvalue weighted by Gasteiger charge is 2.17. The number of aromatic amines is 1. The quantitative estimate of drug-likeness (QED) is 0.733. The Hall–Kier alpha value is -2.61. The first-order chi connectivity index (χ1) is 10.1. The molecule has 0 bridgehead atoms. The van der Waals surface area contributed by atoms with E-state index in [-0.39, 0.29) is 10.9 Å². The molecule has 1 amide bonds. The van der Waals surface area contributed by atoms with Crippen molar-refractivity contribution in [2.45, 2.75) is 0 Å². The third kappa shape index (κ3) is 2.65. The van der Waals surface area contributed by atoms with Crippen LogP contribution in [-0.4, -0.2) is 34.3 Å². The van der Waals surface area contributed by atoms with Crippen LogP contribution in [0.15, 0.2) is 24.4 Å². The summed E-state index contributed by atoms with van der Waals surface area (Å²) in [6.07, 6.45) is 1.46. The van der Waals surface area contributed by atoms with Crippen molar-refractivity contribution < 1.29 is 14.3 Å². The summed E-state index contributed by atoms with van der Waals surface area (Å²) >= 11 is 4.88. The average molecular weight is 304 g/mol. The van der Waals surface area contributed by atoms with Crippen molar-refractivity contribution in [2.75, 3.05) is 18.5 Å². The Labute approximate surface area is 125 Å². The first-order valence-electron chi connectivity index (χ1n) is 6.19. The predicted octanol–water partition coefficient (Wildman–Crippen LogP) is 1.07. The molecular formula is C13H12N4O3S. The van der Waals surface area contributed by atoms with Gasteiger partial charge in [-0.25, -0.2) is 0 Å². The van der Waals surface area contributed by atoms with Crippen molar-refractivity contribution >= 4 is 28.9 Å². The molecule has 1 aliphatic heterocycles. The van der Waals surface area contributed by atoms with Crippen LogP contribution >= 0.6 is 12.2 Å². The normalized spacial score (nSPS) is 12.8. The topological polar surface area (TPSA) is 102 Å². The number of nitrogens with one attached hydrogen (secondary N) is 2. The van der Waals surface area contributed by atoms with E-state index in [9.17, 15) is 4.79 Å². The zero-order valence-corrected chi connectivity index (χ0v) is 11.7. The predicted molar refractivity (Wildman–Crippen MR) is 79.9 cm³/mol. The molecule has 1 aromatic heterocycles. The monoisotopic (exact) mass is 304 g/mol. The molecule has 2 aromatic rings. The maximum Gasteiger partial charge on any atom is 0.256 e. The number of fused-ring (bicyclic) bond motifs is 1. The van der Waals surface area contributed by atoms with Gasteiger partial charge in [-0.2, -0.15) is 5.10 Å². The van der Waals surface area contributed by atoms with Gasteiger partial charge in [0.25, 0.3) is 5.91 Å². The molecule has 3 rings (SSSR count). The second kappa shape index (κ2) is 5.41. The molecule has 1 aromatic carbocycles. The minimum Gasteiger partial charge on any atom is -0.486 e. The number of amides is 1. The van der Waals surface area contributed by atoms with Crippen LogP contribution in [0.5, 0.6) is 11.5 Å². The van der Waals surface area contributed by atoms with Gasteiger partial charge in [0, 0.05) is 5.56 Å². The molecule has 1 aliphatic rings. The highest BCUT2D eigenvalue weighted by molar-refractivity contribution is 7.80. The van der Waals surface area contributed by atoms with Crippen LogP contribution in [-0.2, 0) is 0 Å². The zero-order chi connectivity index (χ0) is 14.8. The lowest BCUT2D eigenvalue weighted by Crippen LogP contribution is -2.18. The lowest BCUT2D eigenvalue weighted by atomic mass is 10.1. The van der Waals surface area contributed by atoms with Crippen molar-refractivity contribution in [1.29, 1.82) is 0 Å². The van der Waals surface area contributed by atoms with E-state index < -0.39 is 0 Å². The van der Waals surface area contributed by atoms with Crippen LogP contribution in [0, 0.1) is 0 Å². The molecule has 0 saturated heterocycles. The number of thiocarbonyl (C=S) groups is 1. The number of aromatic nitrogens is 2. The molecule has 0 spiro atoms. The third-order valence-corrected chi connectivity index (χ3v) is 3.17. The van der Waals surface area contributed by atoms with E-state index in [0.717, 1.165) is 0 Å². The Bertz CT molecular complexity index is 713. The fourth-order valence-electron chi connectivity index (χ4n) is 1.94. The van der Waals surface area contributed by atoms with Gasteiger partial charge in [-0.05, 0) is 18.2 Å². The van der Waals surface area contributed by atoms with Crippen molar-refractivity contribution in [3.8, 4) is 11.5 Å². The summed E-state index contributed by atoms with van der Waals surface area (Å²) in [7, 11) is 0. The molecule has 7 nitrogen and oxygen atoms in total. The maximum absolute atomic E-state index is 12.2. The van der Waals surface area contributed by atoms with Crippen molar-refractivity contribution in [3.63, 3.8) is 0 Å². The number of carbonyl (C=O) groups excluding carboxylic acids is 1. The van der Waals surface area contributed by atoms with Gasteiger partial charge in [0.15, 0.2) is 11.5 Å². The van der Waals surface area contributed by atoms with Gasteiger partial charge in [-0.15, -0.1) is 0 Å². The summed E-state index contributed by atoms with van der Waals surface area (Å²) in [6.45, 7) is 0.966. The fourth-order valence-corrected chi connectivity index (χ4v) is 2.09. The molecule has 8 heteroatoms. The summed E-state index contributed by atoms with van der Waals surface area (Å²) in [5.74, 6) is 1.22. The molecule has 0 atom stereocenters. The Morgan fingerprint density at radius 3 is 2.86 bits per heavy atom. The van der Waals surface area contributed by atoms with Gasteiger partial charge < -0.3 is 20.5 Å². The minimum atomic E-state index is -0.325. The van der Waals surface area contributed by atoms with E-state index in [1.165, 1.54) is 6.20 Å². The minimum absolute atomic E-state index is 0.154. The maximum atomic E-state index is 12.2. The van der Waals surface area contributed by atoms with Crippen LogP contribution < -0.4 is 20.5 Å². The van der Waals surface area contributed by atoms with Gasteiger partial charge in [0.2, 0.25) is 0 Å². The number of hydrogen-bond acceptors (Lipinski definition) is 5. The summed E-state index contributed by atoms with van der Waals surface area (Å²) in [5, 5.41) is 9.13. The number of benzene rings is 1. The Kier molecular flexibility index (Phi) is 3.44. The number of H-pyrrole nitrogens is 1. The fraction of sp³-hybridized carbons (Fsp3) is 0.154. The van der Waals surface area contributed by atoms with E-state index in [1.54, 1.807) is 18.2 Å². The number of carbonyl (C=O) groups is 1. The molecule has 0 saturated carbocycles. The lowest BCUT2D eigenvalue weighted by molar-refractivity contribution is 0.102. The smallest absolute Gasteiger partial charge is 0.256 e. The highest BCUT2D eigenvalue weighted by atomic mass is 32.1. The molecule has 108 valence electrons. The number of nitrogens with two attached hydrogens (primary N) is 1. The molecule has 2 heterocycles. The number of rotatable bonds is 3. The van der Waals surface area contributed by atoms with Gasteiger partial charge in [-0.1, -0.05) is 12.2 Å². The van der Waals surface area contributed by atoms with E-state index in [0.29, 0.717) is 41.7 Å². The van der Waals surface area contributed by atoms with Crippen molar-refractivity contribution in [3.05, 3.63) is 35.5 Å². The Morgan fingerprint density at radius 1 is 1.33 bits per heavy atom. The first-order valence-corrected chi connectivity index (χ1v) is 6.60. The molecule has 0 unspecified atom stereocenters. The van der Waals surface area contributed by atoms with Gasteiger partial charge in [-0.3, -0.25) is 9.89 Å². The molecule has 4 N–H and O–H groups in total. The SMILES string of the molecule is NC(=S)c1cn[nH]c1NC(=O)c1ccc2c(c1)OCCO2. The first kappa shape index (κ1) is 13.4. The summed E-state index contributed by atoms with van der Waals surface area (Å²) in [6, 6.07) is 4.98. The molecule has 21 heavy (non-hydrogen) atoms. The van der Waals surface area contributed by atoms with Crippen LogP contribution in [0.1, 0.15) is 15.9 Å². The third-order valence-electron chi connectivity index (χ3n) is 2.95. The number of ether oxygens (including phenoxy) is 2. The summed E-state index contributed by atoms with van der Waals surface area (Å²) in [4.78, 5) is 12.4.